The number of carbonyl (C=O) groups is 1. The molecule has 0 saturated heterocycles. The summed E-state index contributed by atoms with van der Waals surface area (Å²) in [5.41, 5.74) is -0.370. The first-order valence-electron chi connectivity index (χ1n) is 7.45. The lowest BCUT2D eigenvalue weighted by atomic mass is 10.0. The quantitative estimate of drug-likeness (QED) is 0.582. The van der Waals surface area contributed by atoms with Crippen molar-refractivity contribution in [1.29, 1.82) is 0 Å². The van der Waals surface area contributed by atoms with Gasteiger partial charge >= 0.3 is 12.1 Å². The number of hydrogen-bond acceptors (Lipinski definition) is 2. The Morgan fingerprint density at radius 1 is 1.22 bits per heavy atom. The van der Waals surface area contributed by atoms with E-state index in [1.54, 1.807) is 6.07 Å². The van der Waals surface area contributed by atoms with Crippen molar-refractivity contribution < 1.29 is 36.8 Å². The van der Waals surface area contributed by atoms with E-state index >= 15 is 0 Å². The Hall–Kier alpha value is -2.87. The summed E-state index contributed by atoms with van der Waals surface area (Å²) in [6.07, 6.45) is -1.81. The van der Waals surface area contributed by atoms with Crippen molar-refractivity contribution in [3.8, 4) is 5.75 Å². The molecular formula is C18H11ClF4NO3+. The molecule has 0 unspecified atom stereocenters. The molecule has 2 aromatic rings. The second-order valence-electron chi connectivity index (χ2n) is 5.63. The van der Waals surface area contributed by atoms with Gasteiger partial charge in [-0.15, -0.1) is 0 Å². The van der Waals surface area contributed by atoms with Crippen molar-refractivity contribution in [2.75, 3.05) is 7.11 Å². The molecule has 0 fully saturated rings. The number of allylic oxidation sites excluding steroid dienone is 1. The zero-order valence-electron chi connectivity index (χ0n) is 13.6. The van der Waals surface area contributed by atoms with E-state index in [0.717, 1.165) is 7.11 Å². The van der Waals surface area contributed by atoms with Gasteiger partial charge in [-0.1, -0.05) is 17.7 Å². The number of aromatic carboxylic acids is 1. The van der Waals surface area contributed by atoms with E-state index in [1.165, 1.54) is 29.1 Å². The minimum Gasteiger partial charge on any atom is -0.490 e. The van der Waals surface area contributed by atoms with E-state index in [0.29, 0.717) is 23.3 Å². The Morgan fingerprint density at radius 2 is 1.89 bits per heavy atom. The fourth-order valence-corrected chi connectivity index (χ4v) is 2.78. The van der Waals surface area contributed by atoms with E-state index in [2.05, 4.69) is 0 Å². The van der Waals surface area contributed by atoms with Crippen LogP contribution in [0.3, 0.4) is 0 Å². The normalized spacial score (nSPS) is 13.6. The molecule has 0 saturated carbocycles. The summed E-state index contributed by atoms with van der Waals surface area (Å²) in [6, 6.07) is 5.45. The number of hydrogen-bond donors (Lipinski definition) is 1. The average molecular weight is 401 g/mol. The fourth-order valence-electron chi connectivity index (χ4n) is 2.58. The van der Waals surface area contributed by atoms with Crippen LogP contribution in [0.15, 0.2) is 36.5 Å². The number of nitrogens with zero attached hydrogens (tertiary/aromatic N) is 1. The number of carboxylic acid groups (broad SMARTS) is 1. The van der Waals surface area contributed by atoms with Crippen LogP contribution in [0.4, 0.5) is 23.2 Å². The van der Waals surface area contributed by atoms with E-state index in [4.69, 9.17) is 21.4 Å². The van der Waals surface area contributed by atoms with Crippen molar-refractivity contribution in [3.05, 3.63) is 64.1 Å². The van der Waals surface area contributed by atoms with Crippen LogP contribution in [0.25, 0.3) is 5.57 Å². The summed E-state index contributed by atoms with van der Waals surface area (Å²) < 4.78 is 58.9. The highest BCUT2D eigenvalue weighted by molar-refractivity contribution is 6.33. The Kier molecular flexibility index (Phi) is 4.69. The van der Waals surface area contributed by atoms with Crippen LogP contribution in [0.5, 0.6) is 5.75 Å². The summed E-state index contributed by atoms with van der Waals surface area (Å²) in [6.45, 7) is 0. The number of alkyl halides is 3. The Bertz CT molecular complexity index is 1010. The molecule has 27 heavy (non-hydrogen) atoms. The molecule has 0 spiro atoms. The molecule has 1 aliphatic rings. The minimum atomic E-state index is -4.71. The summed E-state index contributed by atoms with van der Waals surface area (Å²) in [4.78, 5) is 11.1. The summed E-state index contributed by atoms with van der Waals surface area (Å²) in [7, 11) is 1.14. The van der Waals surface area contributed by atoms with Crippen LogP contribution in [0.1, 0.15) is 21.5 Å². The highest BCUT2D eigenvalue weighted by Crippen LogP contribution is 2.40. The van der Waals surface area contributed by atoms with Crippen molar-refractivity contribution in [1.82, 2.24) is 0 Å². The first-order chi connectivity index (χ1) is 12.6. The number of methoxy groups -OCH3 is 1. The third kappa shape index (κ3) is 3.52. The zero-order chi connectivity index (χ0) is 19.9. The highest BCUT2D eigenvalue weighted by atomic mass is 35.5. The van der Waals surface area contributed by atoms with Crippen LogP contribution in [-0.2, 0) is 6.18 Å². The number of rotatable bonds is 4. The maximum atomic E-state index is 14.3. The second-order valence-corrected chi connectivity index (χ2v) is 6.03. The standard InChI is InChI=1S/C18H10ClF4NO3/c1-27-15-6-11(18(21,22)23)5-14(20)16(15)24-7-10(8-24)9-2-3-13(19)12(4-9)17(25)26/h2-8H,1H3/p+1. The Morgan fingerprint density at radius 3 is 2.44 bits per heavy atom. The smallest absolute Gasteiger partial charge is 0.416 e. The van der Waals surface area contributed by atoms with Crippen molar-refractivity contribution in [2.45, 2.75) is 6.18 Å². The maximum absolute atomic E-state index is 14.3. The van der Waals surface area contributed by atoms with Crippen LogP contribution < -0.4 is 4.74 Å². The van der Waals surface area contributed by atoms with E-state index in [1.807, 2.05) is 0 Å². The van der Waals surface area contributed by atoms with Gasteiger partial charge < -0.3 is 9.84 Å². The van der Waals surface area contributed by atoms with Crippen molar-refractivity contribution in [3.63, 3.8) is 0 Å². The number of benzene rings is 2. The van der Waals surface area contributed by atoms with Gasteiger partial charge in [0.05, 0.1) is 23.3 Å². The van der Waals surface area contributed by atoms with E-state index in [9.17, 15) is 22.4 Å². The zero-order valence-corrected chi connectivity index (χ0v) is 14.4. The highest BCUT2D eigenvalue weighted by Gasteiger charge is 2.36. The lowest BCUT2D eigenvalue weighted by Gasteiger charge is -2.14. The van der Waals surface area contributed by atoms with Gasteiger partial charge in [0, 0.05) is 0 Å². The van der Waals surface area contributed by atoms with Crippen molar-refractivity contribution in [2.24, 2.45) is 0 Å². The summed E-state index contributed by atoms with van der Waals surface area (Å²) in [5, 5.41) is 9.17. The van der Waals surface area contributed by atoms with Crippen LogP contribution in [0.2, 0.25) is 5.02 Å². The Balaban J connectivity index is 1.96. The van der Waals surface area contributed by atoms with Crippen molar-refractivity contribution >= 4 is 35.0 Å². The molecular weight excluding hydrogens is 390 g/mol. The number of halogens is 5. The molecule has 0 bridgehead atoms. The molecule has 3 rings (SSSR count). The van der Waals surface area contributed by atoms with E-state index < -0.39 is 23.5 Å². The first kappa shape index (κ1) is 18.9. The number of ether oxygens (including phenoxy) is 1. The molecule has 1 aliphatic heterocycles. The molecule has 1 N–H and O–H groups in total. The van der Waals surface area contributed by atoms with Gasteiger partial charge in [-0.05, 0) is 29.8 Å². The first-order valence-corrected chi connectivity index (χ1v) is 7.82. The topological polar surface area (TPSA) is 49.5 Å². The molecule has 0 aromatic heterocycles. The summed E-state index contributed by atoms with van der Waals surface area (Å²) in [5.74, 6) is -2.58. The van der Waals surface area contributed by atoms with Gasteiger partial charge in [-0.3, -0.25) is 0 Å². The molecule has 0 aliphatic carbocycles. The van der Waals surface area contributed by atoms with Gasteiger partial charge in [0.1, 0.15) is 5.57 Å². The molecule has 1 heterocycles. The van der Waals surface area contributed by atoms with Gasteiger partial charge in [-0.2, -0.15) is 22.1 Å². The van der Waals surface area contributed by atoms with Gasteiger partial charge in [0.2, 0.25) is 0 Å². The molecule has 0 amide bonds. The number of carboxylic acids is 1. The maximum Gasteiger partial charge on any atom is 0.416 e. The molecule has 0 atom stereocenters. The fraction of sp³-hybridized carbons (Fsp3) is 0.111. The monoisotopic (exact) mass is 400 g/mol. The molecule has 0 radical (unpaired) electrons. The molecule has 4 nitrogen and oxygen atoms in total. The molecule has 9 heteroatoms. The molecule has 140 valence electrons. The van der Waals surface area contributed by atoms with Crippen LogP contribution in [-0.4, -0.2) is 29.0 Å². The Labute approximate surface area is 155 Å². The predicted molar refractivity (Wildman–Crippen MR) is 90.3 cm³/mol. The SMILES string of the molecule is COc1cc(C(F)(F)F)cc(F)c1[N+]1=CC(c2ccc(Cl)c(C(=O)O)c2)=C1. The largest absolute Gasteiger partial charge is 0.490 e. The lowest BCUT2D eigenvalue weighted by Crippen LogP contribution is -2.15. The molecule has 2 aromatic carbocycles. The van der Waals surface area contributed by atoms with Gasteiger partial charge in [0.15, 0.2) is 24.0 Å². The summed E-state index contributed by atoms with van der Waals surface area (Å²) >= 11 is 5.81. The van der Waals surface area contributed by atoms with Crippen LogP contribution >= 0.6 is 11.6 Å². The van der Waals surface area contributed by atoms with Gasteiger partial charge in [-0.25, -0.2) is 4.79 Å². The average Bonchev–Trinajstić information content (AvgIpc) is 2.54. The lowest BCUT2D eigenvalue weighted by molar-refractivity contribution is -0.365. The van der Waals surface area contributed by atoms with Gasteiger partial charge in [0.25, 0.3) is 5.69 Å². The third-order valence-corrected chi connectivity index (χ3v) is 4.25. The third-order valence-electron chi connectivity index (χ3n) is 3.92. The second kappa shape index (κ2) is 6.70. The minimum absolute atomic E-state index is 0.0680. The van der Waals surface area contributed by atoms with E-state index in [-0.39, 0.29) is 22.0 Å². The predicted octanol–water partition coefficient (Wildman–Crippen LogP) is 4.97. The van der Waals surface area contributed by atoms with Crippen LogP contribution in [0, 0.1) is 5.82 Å².